The van der Waals surface area contributed by atoms with Crippen LogP contribution in [-0.4, -0.2) is 33.6 Å². The number of ketones is 1. The van der Waals surface area contributed by atoms with E-state index in [-0.39, 0.29) is 17.3 Å². The number of piperidine rings is 1. The molecule has 0 radical (unpaired) electrons. The number of halogens is 2. The molecular weight excluding hydrogens is 324 g/mol. The van der Waals surface area contributed by atoms with E-state index in [9.17, 15) is 13.6 Å². The van der Waals surface area contributed by atoms with Crippen LogP contribution in [0.25, 0.3) is 0 Å². The van der Waals surface area contributed by atoms with E-state index in [0.717, 1.165) is 55.5 Å². The van der Waals surface area contributed by atoms with Gasteiger partial charge >= 0.3 is 0 Å². The van der Waals surface area contributed by atoms with Crippen molar-refractivity contribution in [3.05, 3.63) is 52.9 Å². The Morgan fingerprint density at radius 2 is 2.16 bits per heavy atom. The van der Waals surface area contributed by atoms with Crippen molar-refractivity contribution in [1.82, 2.24) is 14.7 Å². The molecule has 1 atom stereocenters. The molecule has 0 N–H and O–H groups in total. The predicted octanol–water partition coefficient (Wildman–Crippen LogP) is 3.58. The summed E-state index contributed by atoms with van der Waals surface area (Å²) in [5.74, 6) is -1.84. The maximum absolute atomic E-state index is 13.9. The average molecular weight is 347 g/mol. The van der Waals surface area contributed by atoms with Crippen molar-refractivity contribution in [1.29, 1.82) is 0 Å². The third kappa shape index (κ3) is 3.95. The van der Waals surface area contributed by atoms with E-state index in [1.165, 1.54) is 0 Å². The molecule has 1 aliphatic rings. The van der Waals surface area contributed by atoms with Gasteiger partial charge in [0.2, 0.25) is 0 Å². The van der Waals surface area contributed by atoms with E-state index >= 15 is 0 Å². The largest absolute Gasteiger partial charge is 0.298 e. The Morgan fingerprint density at radius 1 is 1.36 bits per heavy atom. The van der Waals surface area contributed by atoms with Crippen LogP contribution in [0, 0.1) is 24.5 Å². The fourth-order valence-electron chi connectivity index (χ4n) is 3.44. The molecule has 0 unspecified atom stereocenters. The number of carbonyl (C=O) groups excluding carboxylic acids is 1. The second-order valence-corrected chi connectivity index (χ2v) is 6.66. The smallest absolute Gasteiger partial charge is 0.170 e. The molecule has 0 aliphatic carbocycles. The number of aromatic nitrogens is 2. The van der Waals surface area contributed by atoms with Gasteiger partial charge in [-0.1, -0.05) is 0 Å². The minimum Gasteiger partial charge on any atom is -0.298 e. The highest BCUT2D eigenvalue weighted by Crippen LogP contribution is 2.24. The predicted molar refractivity (Wildman–Crippen MR) is 91.3 cm³/mol. The summed E-state index contributed by atoms with van der Waals surface area (Å²) >= 11 is 0. The van der Waals surface area contributed by atoms with E-state index in [0.29, 0.717) is 13.0 Å². The minimum absolute atomic E-state index is 0.137. The zero-order chi connectivity index (χ0) is 18.0. The summed E-state index contributed by atoms with van der Waals surface area (Å²) in [5.41, 5.74) is 2.00. The molecule has 4 nitrogen and oxygen atoms in total. The first kappa shape index (κ1) is 17.7. The summed E-state index contributed by atoms with van der Waals surface area (Å²) in [6, 6.07) is 3.06. The van der Waals surface area contributed by atoms with Crippen LogP contribution in [0.3, 0.4) is 0 Å². The molecule has 1 fully saturated rings. The SMILES string of the molecule is CCn1cc(CN2CCC[C@H](C(=O)c3cc(F)ccc3F)C2)c(C)n1. The molecule has 1 aliphatic heterocycles. The van der Waals surface area contributed by atoms with Gasteiger partial charge in [-0.05, 0) is 51.4 Å². The van der Waals surface area contributed by atoms with Crippen LogP contribution in [0.5, 0.6) is 0 Å². The van der Waals surface area contributed by atoms with Gasteiger partial charge in [0.25, 0.3) is 0 Å². The van der Waals surface area contributed by atoms with Gasteiger partial charge in [0.05, 0.1) is 11.3 Å². The fourth-order valence-corrected chi connectivity index (χ4v) is 3.44. The summed E-state index contributed by atoms with van der Waals surface area (Å²) in [6.07, 6.45) is 3.61. The van der Waals surface area contributed by atoms with Crippen molar-refractivity contribution in [2.45, 2.75) is 39.8 Å². The summed E-state index contributed by atoms with van der Waals surface area (Å²) in [5, 5.41) is 4.45. The number of carbonyl (C=O) groups is 1. The van der Waals surface area contributed by atoms with Gasteiger partial charge in [0.15, 0.2) is 5.78 Å². The molecule has 6 heteroatoms. The second kappa shape index (κ2) is 7.44. The van der Waals surface area contributed by atoms with Crippen molar-refractivity contribution in [2.75, 3.05) is 13.1 Å². The quantitative estimate of drug-likeness (QED) is 0.776. The van der Waals surface area contributed by atoms with Gasteiger partial charge < -0.3 is 0 Å². The van der Waals surface area contributed by atoms with Crippen LogP contribution >= 0.6 is 0 Å². The standard InChI is InChI=1S/C19H23F2N3O/c1-3-24-12-15(13(2)22-24)11-23-8-4-5-14(10-23)19(25)17-9-16(20)6-7-18(17)21/h6-7,9,12,14H,3-5,8,10-11H2,1-2H3/t14-/m0/s1. The van der Waals surface area contributed by atoms with Crippen LogP contribution in [0.2, 0.25) is 0 Å². The van der Waals surface area contributed by atoms with Crippen molar-refractivity contribution in [2.24, 2.45) is 5.92 Å². The van der Waals surface area contributed by atoms with Gasteiger partial charge in [-0.25, -0.2) is 8.78 Å². The van der Waals surface area contributed by atoms with Gasteiger partial charge in [0.1, 0.15) is 11.6 Å². The zero-order valence-electron chi connectivity index (χ0n) is 14.6. The van der Waals surface area contributed by atoms with Crippen LogP contribution in [0.1, 0.15) is 41.4 Å². The van der Waals surface area contributed by atoms with E-state index in [1.807, 2.05) is 24.7 Å². The minimum atomic E-state index is -0.649. The lowest BCUT2D eigenvalue weighted by molar-refractivity contribution is 0.0806. The van der Waals surface area contributed by atoms with Crippen molar-refractivity contribution in [3.8, 4) is 0 Å². The highest BCUT2D eigenvalue weighted by Gasteiger charge is 2.28. The number of likely N-dealkylation sites (tertiary alicyclic amines) is 1. The number of Topliss-reactive ketones (excluding diaryl/α,β-unsaturated/α-hetero) is 1. The van der Waals surface area contributed by atoms with Gasteiger partial charge in [-0.3, -0.25) is 14.4 Å². The number of hydrogen-bond acceptors (Lipinski definition) is 3. The molecule has 2 heterocycles. The van der Waals surface area contributed by atoms with Gasteiger partial charge in [0, 0.05) is 37.3 Å². The van der Waals surface area contributed by atoms with E-state index in [2.05, 4.69) is 10.00 Å². The van der Waals surface area contributed by atoms with E-state index in [4.69, 9.17) is 0 Å². The first-order valence-electron chi connectivity index (χ1n) is 8.72. The third-order valence-corrected chi connectivity index (χ3v) is 4.84. The molecular formula is C19H23F2N3O. The summed E-state index contributed by atoms with van der Waals surface area (Å²) < 4.78 is 29.2. The third-order valence-electron chi connectivity index (χ3n) is 4.84. The first-order chi connectivity index (χ1) is 12.0. The Kier molecular flexibility index (Phi) is 5.27. The van der Waals surface area contributed by atoms with Gasteiger partial charge in [-0.2, -0.15) is 5.10 Å². The second-order valence-electron chi connectivity index (χ2n) is 6.66. The van der Waals surface area contributed by atoms with Crippen LogP contribution in [-0.2, 0) is 13.1 Å². The Hall–Kier alpha value is -2.08. The molecule has 134 valence electrons. The molecule has 2 aromatic rings. The molecule has 25 heavy (non-hydrogen) atoms. The molecule has 3 rings (SSSR count). The number of nitrogens with zero attached hydrogens (tertiary/aromatic N) is 3. The molecule has 1 aromatic carbocycles. The van der Waals surface area contributed by atoms with Crippen LogP contribution in [0.15, 0.2) is 24.4 Å². The Balaban J connectivity index is 1.71. The normalized spacial score (nSPS) is 18.5. The molecule has 1 saturated heterocycles. The number of rotatable bonds is 5. The number of benzene rings is 1. The fraction of sp³-hybridized carbons (Fsp3) is 0.474. The number of aryl methyl sites for hydroxylation is 2. The Bertz CT molecular complexity index is 772. The lowest BCUT2D eigenvalue weighted by Gasteiger charge is -2.31. The highest BCUT2D eigenvalue weighted by molar-refractivity contribution is 5.98. The molecule has 0 bridgehead atoms. The van der Waals surface area contributed by atoms with E-state index < -0.39 is 11.6 Å². The average Bonchev–Trinajstić information content (AvgIpc) is 2.96. The topological polar surface area (TPSA) is 38.1 Å². The van der Waals surface area contributed by atoms with Crippen LogP contribution in [0.4, 0.5) is 8.78 Å². The molecule has 0 spiro atoms. The summed E-state index contributed by atoms with van der Waals surface area (Å²) in [7, 11) is 0. The van der Waals surface area contributed by atoms with Crippen LogP contribution < -0.4 is 0 Å². The lowest BCUT2D eigenvalue weighted by Crippen LogP contribution is -2.38. The zero-order valence-corrected chi connectivity index (χ0v) is 14.6. The molecule has 1 aromatic heterocycles. The summed E-state index contributed by atoms with van der Waals surface area (Å²) in [6.45, 7) is 7.02. The first-order valence-corrected chi connectivity index (χ1v) is 8.72. The van der Waals surface area contributed by atoms with E-state index in [1.54, 1.807) is 0 Å². The van der Waals surface area contributed by atoms with Crippen molar-refractivity contribution >= 4 is 5.78 Å². The lowest BCUT2D eigenvalue weighted by atomic mass is 9.89. The highest BCUT2D eigenvalue weighted by atomic mass is 19.1. The molecule has 0 amide bonds. The van der Waals surface area contributed by atoms with Crippen molar-refractivity contribution < 1.29 is 13.6 Å². The van der Waals surface area contributed by atoms with Crippen molar-refractivity contribution in [3.63, 3.8) is 0 Å². The van der Waals surface area contributed by atoms with Gasteiger partial charge in [-0.15, -0.1) is 0 Å². The maximum Gasteiger partial charge on any atom is 0.170 e. The Morgan fingerprint density at radius 3 is 2.88 bits per heavy atom. The Labute approximate surface area is 146 Å². The number of hydrogen-bond donors (Lipinski definition) is 0. The maximum atomic E-state index is 13.9. The monoisotopic (exact) mass is 347 g/mol. The molecule has 0 saturated carbocycles. The summed E-state index contributed by atoms with van der Waals surface area (Å²) in [4.78, 5) is 14.8.